The Morgan fingerprint density at radius 3 is 2.42 bits per heavy atom. The first-order chi connectivity index (χ1) is 9.15. The molecule has 19 heavy (non-hydrogen) atoms. The molecule has 0 fully saturated rings. The monoisotopic (exact) mass is 274 g/mol. The van der Waals surface area contributed by atoms with Crippen LogP contribution in [0, 0.1) is 0 Å². The average molecular weight is 274 g/mol. The van der Waals surface area contributed by atoms with E-state index in [9.17, 15) is 0 Å². The first kappa shape index (κ1) is 14.2. The highest BCUT2D eigenvalue weighted by molar-refractivity contribution is 7.15. The third-order valence-electron chi connectivity index (χ3n) is 3.24. The van der Waals surface area contributed by atoms with Crippen molar-refractivity contribution in [1.82, 2.24) is 4.98 Å². The Hall–Kier alpha value is -1.19. The SMILES string of the molecule is CCCc1nc(-c2ccc(CC)cc2)sc1C(C)N. The Kier molecular flexibility index (Phi) is 4.72. The van der Waals surface area contributed by atoms with Crippen molar-refractivity contribution in [2.24, 2.45) is 5.73 Å². The van der Waals surface area contributed by atoms with E-state index >= 15 is 0 Å². The van der Waals surface area contributed by atoms with Crippen molar-refractivity contribution in [2.45, 2.75) is 46.1 Å². The molecule has 1 atom stereocenters. The van der Waals surface area contributed by atoms with E-state index in [1.54, 1.807) is 11.3 Å². The fourth-order valence-electron chi connectivity index (χ4n) is 2.14. The lowest BCUT2D eigenvalue weighted by molar-refractivity contribution is 0.793. The van der Waals surface area contributed by atoms with Crippen LogP contribution in [-0.2, 0) is 12.8 Å². The fraction of sp³-hybridized carbons (Fsp3) is 0.438. The van der Waals surface area contributed by atoms with Crippen LogP contribution >= 0.6 is 11.3 Å². The van der Waals surface area contributed by atoms with Crippen LogP contribution in [-0.4, -0.2) is 4.98 Å². The highest BCUT2D eigenvalue weighted by Crippen LogP contribution is 2.32. The number of hydrogen-bond acceptors (Lipinski definition) is 3. The third-order valence-corrected chi connectivity index (χ3v) is 4.58. The van der Waals surface area contributed by atoms with Crippen LogP contribution in [0.25, 0.3) is 10.6 Å². The maximum Gasteiger partial charge on any atom is 0.123 e. The molecular formula is C16H22N2S. The Balaban J connectivity index is 2.35. The molecule has 2 nitrogen and oxygen atoms in total. The van der Waals surface area contributed by atoms with Gasteiger partial charge in [0.1, 0.15) is 5.01 Å². The highest BCUT2D eigenvalue weighted by atomic mass is 32.1. The second-order valence-electron chi connectivity index (χ2n) is 4.92. The molecule has 1 aromatic carbocycles. The highest BCUT2D eigenvalue weighted by Gasteiger charge is 2.14. The lowest BCUT2D eigenvalue weighted by atomic mass is 10.1. The van der Waals surface area contributed by atoms with Gasteiger partial charge in [-0.3, -0.25) is 0 Å². The summed E-state index contributed by atoms with van der Waals surface area (Å²) in [5.41, 5.74) is 9.79. The minimum atomic E-state index is 0.0720. The summed E-state index contributed by atoms with van der Waals surface area (Å²) in [7, 11) is 0. The fourth-order valence-corrected chi connectivity index (χ4v) is 3.21. The summed E-state index contributed by atoms with van der Waals surface area (Å²) in [4.78, 5) is 6.02. The molecule has 0 aliphatic heterocycles. The normalized spacial score (nSPS) is 12.6. The van der Waals surface area contributed by atoms with E-state index < -0.39 is 0 Å². The summed E-state index contributed by atoms with van der Waals surface area (Å²) in [6.45, 7) is 6.39. The van der Waals surface area contributed by atoms with E-state index in [-0.39, 0.29) is 6.04 Å². The summed E-state index contributed by atoms with van der Waals surface area (Å²) >= 11 is 1.74. The largest absolute Gasteiger partial charge is 0.323 e. The van der Waals surface area contributed by atoms with Gasteiger partial charge in [0.2, 0.25) is 0 Å². The average Bonchev–Trinajstić information content (AvgIpc) is 2.83. The number of aromatic nitrogens is 1. The summed E-state index contributed by atoms with van der Waals surface area (Å²) in [6.07, 6.45) is 3.20. The zero-order valence-electron chi connectivity index (χ0n) is 11.9. The molecule has 1 heterocycles. The molecule has 0 spiro atoms. The molecule has 2 aromatic rings. The van der Waals surface area contributed by atoms with Crippen LogP contribution in [0.4, 0.5) is 0 Å². The molecule has 0 radical (unpaired) electrons. The quantitative estimate of drug-likeness (QED) is 0.880. The van der Waals surface area contributed by atoms with Crippen molar-refractivity contribution in [3.63, 3.8) is 0 Å². The van der Waals surface area contributed by atoms with Crippen LogP contribution in [0.1, 0.15) is 49.4 Å². The minimum Gasteiger partial charge on any atom is -0.323 e. The van der Waals surface area contributed by atoms with Crippen molar-refractivity contribution in [2.75, 3.05) is 0 Å². The van der Waals surface area contributed by atoms with Crippen LogP contribution in [0.5, 0.6) is 0 Å². The molecule has 102 valence electrons. The first-order valence-corrected chi connectivity index (χ1v) is 7.81. The summed E-state index contributed by atoms with van der Waals surface area (Å²) in [5, 5.41) is 1.10. The molecule has 0 saturated heterocycles. The number of benzene rings is 1. The van der Waals surface area contributed by atoms with Gasteiger partial charge in [-0.1, -0.05) is 44.5 Å². The molecule has 0 amide bonds. The minimum absolute atomic E-state index is 0.0720. The zero-order chi connectivity index (χ0) is 13.8. The Bertz CT molecular complexity index is 526. The Morgan fingerprint density at radius 1 is 1.21 bits per heavy atom. The third kappa shape index (κ3) is 3.23. The van der Waals surface area contributed by atoms with Gasteiger partial charge in [-0.2, -0.15) is 0 Å². The predicted octanol–water partition coefficient (Wildman–Crippen LogP) is 4.34. The van der Waals surface area contributed by atoms with E-state index in [0.29, 0.717) is 0 Å². The molecule has 0 aliphatic carbocycles. The summed E-state index contributed by atoms with van der Waals surface area (Å²) < 4.78 is 0. The molecule has 1 aromatic heterocycles. The Morgan fingerprint density at radius 2 is 1.89 bits per heavy atom. The number of thiazole rings is 1. The van der Waals surface area contributed by atoms with Crippen LogP contribution in [0.15, 0.2) is 24.3 Å². The van der Waals surface area contributed by atoms with E-state index in [2.05, 4.69) is 38.1 Å². The maximum atomic E-state index is 6.05. The number of rotatable bonds is 5. The lowest BCUT2D eigenvalue weighted by Crippen LogP contribution is -2.05. The molecule has 3 heteroatoms. The molecule has 2 rings (SSSR count). The molecule has 2 N–H and O–H groups in total. The van der Waals surface area contributed by atoms with Crippen molar-refractivity contribution >= 4 is 11.3 Å². The topological polar surface area (TPSA) is 38.9 Å². The van der Waals surface area contributed by atoms with Crippen LogP contribution < -0.4 is 5.73 Å². The molecule has 0 aliphatic rings. The van der Waals surface area contributed by atoms with Crippen LogP contribution in [0.2, 0.25) is 0 Å². The van der Waals surface area contributed by atoms with Crippen LogP contribution in [0.3, 0.4) is 0 Å². The standard InChI is InChI=1S/C16H22N2S/c1-4-6-14-15(11(3)17)19-16(18-14)13-9-7-12(5-2)8-10-13/h7-11H,4-6,17H2,1-3H3. The first-order valence-electron chi connectivity index (χ1n) is 7.00. The van der Waals surface area contributed by atoms with Crippen molar-refractivity contribution < 1.29 is 0 Å². The summed E-state index contributed by atoms with van der Waals surface area (Å²) in [5.74, 6) is 0. The number of hydrogen-bond donors (Lipinski definition) is 1. The van der Waals surface area contributed by atoms with E-state index in [1.807, 2.05) is 6.92 Å². The van der Waals surface area contributed by atoms with Gasteiger partial charge >= 0.3 is 0 Å². The van der Waals surface area contributed by atoms with Gasteiger partial charge in [0.25, 0.3) is 0 Å². The molecule has 1 unspecified atom stereocenters. The Labute approximate surface area is 119 Å². The molecule has 0 bridgehead atoms. The smallest absolute Gasteiger partial charge is 0.123 e. The number of nitrogens with zero attached hydrogens (tertiary/aromatic N) is 1. The van der Waals surface area contributed by atoms with Crippen molar-refractivity contribution in [1.29, 1.82) is 0 Å². The van der Waals surface area contributed by atoms with Gasteiger partial charge in [-0.15, -0.1) is 11.3 Å². The van der Waals surface area contributed by atoms with E-state index in [4.69, 9.17) is 10.7 Å². The van der Waals surface area contributed by atoms with Gasteiger partial charge in [0, 0.05) is 16.5 Å². The van der Waals surface area contributed by atoms with E-state index in [0.717, 1.165) is 24.3 Å². The zero-order valence-corrected chi connectivity index (χ0v) is 12.8. The van der Waals surface area contributed by atoms with Crippen molar-refractivity contribution in [3.8, 4) is 10.6 Å². The second-order valence-corrected chi connectivity index (χ2v) is 5.95. The van der Waals surface area contributed by atoms with Gasteiger partial charge in [-0.25, -0.2) is 4.98 Å². The van der Waals surface area contributed by atoms with Crippen molar-refractivity contribution in [3.05, 3.63) is 40.4 Å². The lowest BCUT2D eigenvalue weighted by Gasteiger charge is -2.03. The van der Waals surface area contributed by atoms with Gasteiger partial charge < -0.3 is 5.73 Å². The number of aryl methyl sites for hydroxylation is 2. The molecular weight excluding hydrogens is 252 g/mol. The number of nitrogens with two attached hydrogens (primary N) is 1. The maximum absolute atomic E-state index is 6.05. The summed E-state index contributed by atoms with van der Waals surface area (Å²) in [6, 6.07) is 8.77. The predicted molar refractivity (Wildman–Crippen MR) is 83.5 cm³/mol. The van der Waals surface area contributed by atoms with Gasteiger partial charge in [0.15, 0.2) is 0 Å². The molecule has 0 saturated carbocycles. The second kappa shape index (κ2) is 6.31. The van der Waals surface area contributed by atoms with E-state index in [1.165, 1.54) is 21.7 Å². The van der Waals surface area contributed by atoms with Gasteiger partial charge in [-0.05, 0) is 25.3 Å². The van der Waals surface area contributed by atoms with Gasteiger partial charge in [0.05, 0.1) is 5.69 Å².